The van der Waals surface area contributed by atoms with E-state index in [1.807, 2.05) is 54.6 Å². The minimum atomic E-state index is -0.620. The van der Waals surface area contributed by atoms with Gasteiger partial charge in [0.25, 0.3) is 5.56 Å². The zero-order chi connectivity index (χ0) is 25.8. The van der Waals surface area contributed by atoms with Crippen LogP contribution in [0.25, 0.3) is 6.08 Å². The fourth-order valence-corrected chi connectivity index (χ4v) is 5.22. The number of esters is 1. The second-order valence-electron chi connectivity index (χ2n) is 8.80. The number of fused-ring (bicyclic) bond motifs is 1. The minimum absolute atomic E-state index is 0.205. The second-order valence-corrected chi connectivity index (χ2v) is 9.80. The molecule has 6 nitrogen and oxygen atoms in total. The van der Waals surface area contributed by atoms with Gasteiger partial charge in [-0.15, -0.1) is 0 Å². The van der Waals surface area contributed by atoms with Gasteiger partial charge in [-0.3, -0.25) is 9.36 Å². The van der Waals surface area contributed by atoms with E-state index in [1.54, 1.807) is 24.5 Å². The minimum Gasteiger partial charge on any atom is -0.490 e. The van der Waals surface area contributed by atoms with Crippen LogP contribution in [0.5, 0.6) is 5.75 Å². The van der Waals surface area contributed by atoms with Gasteiger partial charge in [0, 0.05) is 0 Å². The van der Waals surface area contributed by atoms with Gasteiger partial charge in [-0.1, -0.05) is 74.2 Å². The van der Waals surface area contributed by atoms with Gasteiger partial charge in [-0.25, -0.2) is 9.79 Å². The third kappa shape index (κ3) is 5.11. The number of hydrogen-bond donors (Lipinski definition) is 0. The summed E-state index contributed by atoms with van der Waals surface area (Å²) in [6.45, 7) is 12.1. The predicted molar refractivity (Wildman–Crippen MR) is 143 cm³/mol. The standard InChI is InChI=1S/C29H30N2O4S/c1-6-15-35-23-10-8-9-20(16-23)17-24-27(32)31-26(22-13-11-21(12-14-22)18(3)4)25(28(33)34-7-2)19(5)30-29(31)36-24/h6,8-14,16-18,26H,1,7,15H2,2-5H3/b24-17-/t26-/m1/s1. The summed E-state index contributed by atoms with van der Waals surface area (Å²) in [6.07, 6.45) is 3.51. The van der Waals surface area contributed by atoms with Crippen LogP contribution < -0.4 is 19.6 Å². The number of carbonyl (C=O) groups excluding carboxylic acids is 1. The SMILES string of the molecule is C=CCOc1cccc(/C=c2\sc3n(c2=O)[C@H](c2ccc(C(C)C)cc2)C(C(=O)OCC)=C(C)N=3)c1. The number of thiazole rings is 1. The molecular weight excluding hydrogens is 472 g/mol. The first-order valence-electron chi connectivity index (χ1n) is 12.0. The predicted octanol–water partition coefficient (Wildman–Crippen LogP) is 4.49. The van der Waals surface area contributed by atoms with Crippen molar-refractivity contribution in [2.45, 2.75) is 39.7 Å². The number of ether oxygens (including phenoxy) is 2. The molecule has 0 bridgehead atoms. The number of aromatic nitrogens is 1. The highest BCUT2D eigenvalue weighted by atomic mass is 32.1. The number of allylic oxidation sites excluding steroid dienone is 1. The molecule has 186 valence electrons. The quantitative estimate of drug-likeness (QED) is 0.336. The second kappa shape index (κ2) is 10.9. The molecular formula is C29H30N2O4S. The van der Waals surface area contributed by atoms with Gasteiger partial charge < -0.3 is 9.47 Å². The lowest BCUT2D eigenvalue weighted by molar-refractivity contribution is -0.139. The van der Waals surface area contributed by atoms with Crippen molar-refractivity contribution in [2.24, 2.45) is 4.99 Å². The van der Waals surface area contributed by atoms with Gasteiger partial charge in [0.2, 0.25) is 0 Å². The largest absolute Gasteiger partial charge is 0.490 e. The van der Waals surface area contributed by atoms with Crippen molar-refractivity contribution >= 4 is 23.4 Å². The molecule has 1 aliphatic rings. The van der Waals surface area contributed by atoms with E-state index in [2.05, 4.69) is 25.4 Å². The maximum absolute atomic E-state index is 13.7. The van der Waals surface area contributed by atoms with Crippen LogP contribution in [-0.2, 0) is 9.53 Å². The van der Waals surface area contributed by atoms with Crippen molar-refractivity contribution in [2.75, 3.05) is 13.2 Å². The maximum Gasteiger partial charge on any atom is 0.338 e. The normalized spacial score (nSPS) is 15.5. The van der Waals surface area contributed by atoms with Crippen LogP contribution in [0.2, 0.25) is 0 Å². The molecule has 36 heavy (non-hydrogen) atoms. The smallest absolute Gasteiger partial charge is 0.338 e. The number of nitrogens with zero attached hydrogens (tertiary/aromatic N) is 2. The number of benzene rings is 2. The molecule has 2 heterocycles. The summed E-state index contributed by atoms with van der Waals surface area (Å²) in [7, 11) is 0. The van der Waals surface area contributed by atoms with Gasteiger partial charge in [0.15, 0.2) is 4.80 Å². The molecule has 1 aromatic heterocycles. The van der Waals surface area contributed by atoms with Crippen LogP contribution in [0.3, 0.4) is 0 Å². The Morgan fingerprint density at radius 3 is 2.64 bits per heavy atom. The van der Waals surface area contributed by atoms with Gasteiger partial charge in [-0.05, 0) is 54.7 Å². The topological polar surface area (TPSA) is 69.9 Å². The highest BCUT2D eigenvalue weighted by Crippen LogP contribution is 2.31. The van der Waals surface area contributed by atoms with E-state index in [-0.39, 0.29) is 12.2 Å². The molecule has 0 saturated heterocycles. The molecule has 0 aliphatic carbocycles. The number of hydrogen-bond acceptors (Lipinski definition) is 6. The van der Waals surface area contributed by atoms with Crippen molar-refractivity contribution in [1.82, 2.24) is 4.57 Å². The summed E-state index contributed by atoms with van der Waals surface area (Å²) >= 11 is 1.30. The van der Waals surface area contributed by atoms with Gasteiger partial charge in [-0.2, -0.15) is 0 Å². The zero-order valence-corrected chi connectivity index (χ0v) is 21.8. The monoisotopic (exact) mass is 502 g/mol. The fraction of sp³-hybridized carbons (Fsp3) is 0.276. The molecule has 0 amide bonds. The summed E-state index contributed by atoms with van der Waals surface area (Å²) in [5.74, 6) is 0.604. The Morgan fingerprint density at radius 1 is 1.22 bits per heavy atom. The van der Waals surface area contributed by atoms with E-state index >= 15 is 0 Å². The fourth-order valence-electron chi connectivity index (χ4n) is 4.17. The Labute approximate surface area is 214 Å². The third-order valence-corrected chi connectivity index (χ3v) is 6.94. The van der Waals surface area contributed by atoms with E-state index in [9.17, 15) is 9.59 Å². The maximum atomic E-state index is 13.7. The van der Waals surface area contributed by atoms with Crippen LogP contribution in [-0.4, -0.2) is 23.8 Å². The lowest BCUT2D eigenvalue weighted by Crippen LogP contribution is -2.39. The molecule has 0 fully saturated rings. The van der Waals surface area contributed by atoms with E-state index in [1.165, 1.54) is 16.9 Å². The molecule has 1 aliphatic heterocycles. The molecule has 3 aromatic rings. The summed E-state index contributed by atoms with van der Waals surface area (Å²) in [4.78, 5) is 31.9. The lowest BCUT2D eigenvalue weighted by atomic mass is 9.93. The molecule has 0 saturated carbocycles. The highest BCUT2D eigenvalue weighted by molar-refractivity contribution is 7.07. The van der Waals surface area contributed by atoms with E-state index < -0.39 is 12.0 Å². The Kier molecular flexibility index (Phi) is 7.70. The molecule has 0 spiro atoms. The van der Waals surface area contributed by atoms with Crippen LogP contribution >= 0.6 is 11.3 Å². The Morgan fingerprint density at radius 2 is 1.97 bits per heavy atom. The third-order valence-electron chi connectivity index (χ3n) is 5.96. The van der Waals surface area contributed by atoms with Crippen molar-refractivity contribution in [3.63, 3.8) is 0 Å². The van der Waals surface area contributed by atoms with E-state index in [4.69, 9.17) is 9.47 Å². The van der Waals surface area contributed by atoms with Crippen LogP contribution in [0.4, 0.5) is 0 Å². The summed E-state index contributed by atoms with van der Waals surface area (Å²) < 4.78 is 13.1. The average molecular weight is 503 g/mol. The Hall–Kier alpha value is -3.71. The number of carbonyl (C=O) groups is 1. The lowest BCUT2D eigenvalue weighted by Gasteiger charge is -2.25. The first-order valence-corrected chi connectivity index (χ1v) is 12.8. The highest BCUT2D eigenvalue weighted by Gasteiger charge is 2.33. The molecule has 1 atom stereocenters. The summed E-state index contributed by atoms with van der Waals surface area (Å²) in [6, 6.07) is 15.0. The van der Waals surface area contributed by atoms with Crippen molar-refractivity contribution in [3.05, 3.63) is 109 Å². The van der Waals surface area contributed by atoms with Crippen LogP contribution in [0.15, 0.2) is 82.2 Å². The molecule has 0 unspecified atom stereocenters. The van der Waals surface area contributed by atoms with Crippen molar-refractivity contribution in [1.29, 1.82) is 0 Å². The molecule has 0 radical (unpaired) electrons. The van der Waals surface area contributed by atoms with E-state index in [0.29, 0.717) is 38.9 Å². The molecule has 4 rings (SSSR count). The summed E-state index contributed by atoms with van der Waals surface area (Å²) in [5.41, 5.74) is 3.59. The summed E-state index contributed by atoms with van der Waals surface area (Å²) in [5, 5.41) is 0. The Bertz CT molecular complexity index is 1490. The van der Waals surface area contributed by atoms with Crippen molar-refractivity contribution < 1.29 is 14.3 Å². The zero-order valence-electron chi connectivity index (χ0n) is 21.0. The van der Waals surface area contributed by atoms with Crippen molar-refractivity contribution in [3.8, 4) is 5.75 Å². The van der Waals surface area contributed by atoms with E-state index in [0.717, 1.165) is 11.1 Å². The average Bonchev–Trinajstić information content (AvgIpc) is 3.16. The van der Waals surface area contributed by atoms with Crippen LogP contribution in [0.1, 0.15) is 56.3 Å². The van der Waals surface area contributed by atoms with Crippen LogP contribution in [0, 0.1) is 0 Å². The first-order chi connectivity index (χ1) is 17.3. The number of rotatable bonds is 8. The van der Waals surface area contributed by atoms with Gasteiger partial charge in [0.1, 0.15) is 12.4 Å². The van der Waals surface area contributed by atoms with Gasteiger partial charge >= 0.3 is 5.97 Å². The molecule has 7 heteroatoms. The Balaban J connectivity index is 1.87. The van der Waals surface area contributed by atoms with Gasteiger partial charge in [0.05, 0.1) is 28.5 Å². The molecule has 2 aromatic carbocycles. The first kappa shape index (κ1) is 25.4. The molecule has 0 N–H and O–H groups in total.